The molecule has 5 nitrogen and oxygen atoms in total. The van der Waals surface area contributed by atoms with Gasteiger partial charge in [0.15, 0.2) is 11.6 Å². The highest BCUT2D eigenvalue weighted by Crippen LogP contribution is 2.42. The highest BCUT2D eigenvalue weighted by Gasteiger charge is 2.24. The first-order valence-corrected chi connectivity index (χ1v) is 13.9. The average Bonchev–Trinajstić information content (AvgIpc) is 3.51. The molecule has 35 heavy (non-hydrogen) atoms. The van der Waals surface area contributed by atoms with Crippen molar-refractivity contribution in [2.24, 2.45) is 0 Å². The summed E-state index contributed by atoms with van der Waals surface area (Å²) in [5.41, 5.74) is 1.38. The molecule has 3 aromatic carbocycles. The Kier molecular flexibility index (Phi) is 6.12. The topological polar surface area (TPSA) is 61.2 Å². The first kappa shape index (κ1) is 23.5. The molecule has 2 aromatic heterocycles. The van der Waals surface area contributed by atoms with E-state index in [9.17, 15) is 12.8 Å². The lowest BCUT2D eigenvalue weighted by molar-refractivity contribution is 0.432. The Labute approximate surface area is 209 Å². The zero-order chi connectivity index (χ0) is 24.7. The Morgan fingerprint density at radius 1 is 1.03 bits per heavy atom. The van der Waals surface area contributed by atoms with Crippen LogP contribution in [0.3, 0.4) is 0 Å². The van der Waals surface area contributed by atoms with Gasteiger partial charge in [0.05, 0.1) is 15.3 Å². The van der Waals surface area contributed by atoms with E-state index in [0.29, 0.717) is 15.3 Å². The van der Waals surface area contributed by atoms with Crippen molar-refractivity contribution in [1.29, 1.82) is 0 Å². The van der Waals surface area contributed by atoms with E-state index < -0.39 is 21.7 Å². The van der Waals surface area contributed by atoms with Crippen molar-refractivity contribution in [2.45, 2.75) is 16.7 Å². The van der Waals surface area contributed by atoms with Crippen LogP contribution >= 0.6 is 23.1 Å². The van der Waals surface area contributed by atoms with Crippen LogP contribution < -0.4 is 4.74 Å². The van der Waals surface area contributed by atoms with Crippen molar-refractivity contribution in [1.82, 2.24) is 8.96 Å². The number of aryl methyl sites for hydroxylation is 1. The second kappa shape index (κ2) is 9.10. The van der Waals surface area contributed by atoms with E-state index in [1.165, 1.54) is 59.6 Å². The lowest BCUT2D eigenvalue weighted by atomic mass is 10.2. The van der Waals surface area contributed by atoms with Crippen molar-refractivity contribution in [3.05, 3.63) is 89.6 Å². The molecule has 0 aliphatic heterocycles. The standard InChI is InChI=1S/C25H18F2N2O3S3/c1-15-3-6-17(7-4-15)35(30,31)29-11-9-18-22(29)14-21(27)23(24(18)33-2)32-16-5-8-20(26)19(13-16)25-28-10-12-34-25/h3-14H,1-2H3. The van der Waals surface area contributed by atoms with Crippen molar-refractivity contribution in [2.75, 3.05) is 6.26 Å². The molecule has 0 amide bonds. The molecular formula is C25H18F2N2O3S3. The molecule has 0 unspecified atom stereocenters. The molecule has 178 valence electrons. The molecule has 0 fully saturated rings. The summed E-state index contributed by atoms with van der Waals surface area (Å²) in [6.07, 6.45) is 4.72. The molecule has 0 spiro atoms. The molecule has 0 radical (unpaired) electrons. The summed E-state index contributed by atoms with van der Waals surface area (Å²) in [5, 5.41) is 2.73. The number of ether oxygens (including phenoxy) is 1. The fourth-order valence-corrected chi connectivity index (χ4v) is 6.42. The van der Waals surface area contributed by atoms with Gasteiger partial charge in [-0.15, -0.1) is 23.1 Å². The maximum absolute atomic E-state index is 15.4. The number of nitrogens with zero attached hydrogens (tertiary/aromatic N) is 2. The minimum absolute atomic E-state index is 0.0628. The van der Waals surface area contributed by atoms with Crippen molar-refractivity contribution < 1.29 is 21.9 Å². The Balaban J connectivity index is 1.60. The highest BCUT2D eigenvalue weighted by atomic mass is 32.2. The zero-order valence-corrected chi connectivity index (χ0v) is 21.0. The first-order valence-electron chi connectivity index (χ1n) is 10.4. The molecule has 0 aliphatic carbocycles. The predicted octanol–water partition coefficient (Wildman–Crippen LogP) is 7.10. The van der Waals surface area contributed by atoms with E-state index in [-0.39, 0.29) is 27.5 Å². The molecule has 10 heteroatoms. The lowest BCUT2D eigenvalue weighted by Gasteiger charge is -2.14. The molecule has 0 atom stereocenters. The maximum Gasteiger partial charge on any atom is 0.268 e. The van der Waals surface area contributed by atoms with Gasteiger partial charge in [-0.05, 0) is 49.6 Å². The Morgan fingerprint density at radius 2 is 1.80 bits per heavy atom. The van der Waals surface area contributed by atoms with E-state index in [4.69, 9.17) is 4.74 Å². The van der Waals surface area contributed by atoms with Gasteiger partial charge < -0.3 is 4.74 Å². The van der Waals surface area contributed by atoms with Gasteiger partial charge in [0.2, 0.25) is 0 Å². The van der Waals surface area contributed by atoms with Crippen molar-refractivity contribution >= 4 is 44.0 Å². The lowest BCUT2D eigenvalue weighted by Crippen LogP contribution is -2.12. The SMILES string of the molecule is CSc1c(Oc2ccc(F)c(-c3nccs3)c2)c(F)cc2c1ccn2S(=O)(=O)c1ccc(C)cc1. The van der Waals surface area contributed by atoms with E-state index in [1.54, 1.807) is 36.0 Å². The number of hydrogen-bond acceptors (Lipinski definition) is 6. The van der Waals surface area contributed by atoms with Crippen LogP contribution in [-0.2, 0) is 10.0 Å². The quantitative estimate of drug-likeness (QED) is 0.220. The van der Waals surface area contributed by atoms with Crippen LogP contribution in [0.1, 0.15) is 5.56 Å². The Hall–Kier alpha value is -3.21. The van der Waals surface area contributed by atoms with Crippen molar-refractivity contribution in [3.63, 3.8) is 0 Å². The number of aromatic nitrogens is 2. The number of thiazole rings is 1. The number of halogens is 2. The Bertz CT molecular complexity index is 1650. The van der Waals surface area contributed by atoms with Crippen LogP contribution in [0.15, 0.2) is 82.2 Å². The van der Waals surface area contributed by atoms with Crippen LogP contribution in [0.25, 0.3) is 21.5 Å². The second-order valence-electron chi connectivity index (χ2n) is 7.66. The van der Waals surface area contributed by atoms with Gasteiger partial charge >= 0.3 is 0 Å². The average molecular weight is 529 g/mol. The number of fused-ring (bicyclic) bond motifs is 1. The number of thioether (sulfide) groups is 1. The van der Waals surface area contributed by atoms with Gasteiger partial charge in [-0.1, -0.05) is 17.7 Å². The normalized spacial score (nSPS) is 11.8. The molecular weight excluding hydrogens is 510 g/mol. The highest BCUT2D eigenvalue weighted by molar-refractivity contribution is 7.99. The van der Waals surface area contributed by atoms with Gasteiger partial charge in [0.25, 0.3) is 10.0 Å². The van der Waals surface area contributed by atoms with E-state index in [1.807, 2.05) is 6.92 Å². The molecule has 0 aliphatic rings. The number of benzene rings is 3. The summed E-state index contributed by atoms with van der Waals surface area (Å²) >= 11 is 2.50. The van der Waals surface area contributed by atoms with Gasteiger partial charge in [-0.3, -0.25) is 0 Å². The molecule has 2 heterocycles. The van der Waals surface area contributed by atoms with Gasteiger partial charge in [0, 0.05) is 34.8 Å². The summed E-state index contributed by atoms with van der Waals surface area (Å²) in [7, 11) is -3.94. The van der Waals surface area contributed by atoms with E-state index >= 15 is 4.39 Å². The van der Waals surface area contributed by atoms with Crippen LogP contribution in [0.5, 0.6) is 11.5 Å². The summed E-state index contributed by atoms with van der Waals surface area (Å²) in [5.74, 6) is -1.03. The van der Waals surface area contributed by atoms with Crippen LogP contribution in [0, 0.1) is 18.6 Å². The summed E-state index contributed by atoms with van der Waals surface area (Å²) < 4.78 is 63.2. The molecule has 0 saturated carbocycles. The Morgan fingerprint density at radius 3 is 2.49 bits per heavy atom. The number of hydrogen-bond donors (Lipinski definition) is 0. The third kappa shape index (κ3) is 4.22. The molecule has 5 aromatic rings. The van der Waals surface area contributed by atoms with Crippen LogP contribution in [0.2, 0.25) is 0 Å². The number of rotatable bonds is 6. The van der Waals surface area contributed by atoms with Crippen LogP contribution in [0.4, 0.5) is 8.78 Å². The van der Waals surface area contributed by atoms with E-state index in [0.717, 1.165) is 15.6 Å². The molecule has 5 rings (SSSR count). The van der Waals surface area contributed by atoms with Crippen LogP contribution in [-0.4, -0.2) is 23.6 Å². The molecule has 0 N–H and O–H groups in total. The summed E-state index contributed by atoms with van der Waals surface area (Å²) in [6, 6.07) is 13.3. The molecule has 0 bridgehead atoms. The van der Waals surface area contributed by atoms with Gasteiger partial charge in [0.1, 0.15) is 16.6 Å². The third-order valence-electron chi connectivity index (χ3n) is 5.42. The zero-order valence-electron chi connectivity index (χ0n) is 18.5. The second-order valence-corrected chi connectivity index (χ2v) is 11.2. The fraction of sp³-hybridized carbons (Fsp3) is 0.0800. The minimum Gasteiger partial charge on any atom is -0.453 e. The predicted molar refractivity (Wildman–Crippen MR) is 135 cm³/mol. The van der Waals surface area contributed by atoms with Crippen molar-refractivity contribution in [3.8, 4) is 22.1 Å². The first-order chi connectivity index (χ1) is 16.8. The smallest absolute Gasteiger partial charge is 0.268 e. The summed E-state index contributed by atoms with van der Waals surface area (Å²) in [6.45, 7) is 1.87. The van der Waals surface area contributed by atoms with Gasteiger partial charge in [-0.2, -0.15) is 0 Å². The molecule has 0 saturated heterocycles. The fourth-order valence-electron chi connectivity index (χ4n) is 3.71. The summed E-state index contributed by atoms with van der Waals surface area (Å²) in [4.78, 5) is 4.66. The minimum atomic E-state index is -3.94. The van der Waals surface area contributed by atoms with E-state index in [2.05, 4.69) is 4.98 Å². The third-order valence-corrected chi connectivity index (χ3v) is 8.75. The largest absolute Gasteiger partial charge is 0.453 e. The monoisotopic (exact) mass is 528 g/mol. The van der Waals surface area contributed by atoms with Gasteiger partial charge in [-0.25, -0.2) is 26.2 Å². The maximum atomic E-state index is 15.4.